The van der Waals surface area contributed by atoms with Gasteiger partial charge in [-0.2, -0.15) is 0 Å². The van der Waals surface area contributed by atoms with Crippen LogP contribution in [0.5, 0.6) is 0 Å². The second kappa shape index (κ2) is 9.00. The molecule has 31 heavy (non-hydrogen) atoms. The van der Waals surface area contributed by atoms with Crippen LogP contribution in [-0.2, 0) is 9.53 Å². The highest BCUT2D eigenvalue weighted by Gasteiger charge is 2.33. The summed E-state index contributed by atoms with van der Waals surface area (Å²) in [6.45, 7) is 0. The monoisotopic (exact) mass is 533 g/mol. The van der Waals surface area contributed by atoms with Crippen molar-refractivity contribution >= 4 is 79.5 Å². The van der Waals surface area contributed by atoms with Crippen LogP contribution in [0.25, 0.3) is 17.4 Å². The number of thiocarbonyl (C=S) groups is 1. The number of anilines is 1. The van der Waals surface area contributed by atoms with E-state index in [2.05, 4.69) is 15.9 Å². The molecular weight excluding hydrogens is 522 g/mol. The number of ether oxygens (including phenoxy) is 1. The smallest absolute Gasteiger partial charge is 0.339 e. The van der Waals surface area contributed by atoms with Crippen molar-refractivity contribution in [3.8, 4) is 11.3 Å². The number of rotatable bonds is 4. The first-order valence-electron chi connectivity index (χ1n) is 8.89. The Balaban J connectivity index is 1.60. The molecule has 1 aliphatic rings. The van der Waals surface area contributed by atoms with Crippen LogP contribution in [0.2, 0.25) is 5.02 Å². The summed E-state index contributed by atoms with van der Waals surface area (Å²) in [7, 11) is 1.29. The molecule has 1 aromatic heterocycles. The second-order valence-electron chi connectivity index (χ2n) is 6.38. The maximum atomic E-state index is 12.9. The number of hydrogen-bond acceptors (Lipinski definition) is 6. The molecule has 1 saturated heterocycles. The number of esters is 1. The zero-order valence-corrected chi connectivity index (χ0v) is 19.9. The first-order valence-corrected chi connectivity index (χ1v) is 11.3. The molecule has 4 rings (SSSR count). The SMILES string of the molecule is COC(=O)c1cc(-c2ccc(/C=C3/SC(=S)N(c4ccc(Br)cc4)C3=O)o2)ccc1Cl. The average molecular weight is 535 g/mol. The number of furan rings is 1. The van der Waals surface area contributed by atoms with E-state index in [0.29, 0.717) is 37.0 Å². The lowest BCUT2D eigenvalue weighted by Crippen LogP contribution is -2.27. The molecule has 0 unspecified atom stereocenters. The Morgan fingerprint density at radius 2 is 1.94 bits per heavy atom. The fraction of sp³-hybridized carbons (Fsp3) is 0.0455. The van der Waals surface area contributed by atoms with Gasteiger partial charge >= 0.3 is 5.97 Å². The van der Waals surface area contributed by atoms with E-state index in [1.54, 1.807) is 36.4 Å². The lowest BCUT2D eigenvalue weighted by molar-refractivity contribution is -0.113. The van der Waals surface area contributed by atoms with Crippen LogP contribution in [0.1, 0.15) is 16.1 Å². The Kier molecular flexibility index (Phi) is 6.34. The highest BCUT2D eigenvalue weighted by molar-refractivity contribution is 9.10. The van der Waals surface area contributed by atoms with Gasteiger partial charge in [-0.15, -0.1) is 0 Å². The molecular formula is C22H13BrClNO4S2. The Labute approximate surface area is 201 Å². The molecule has 156 valence electrons. The van der Waals surface area contributed by atoms with Crippen molar-refractivity contribution in [2.45, 2.75) is 0 Å². The quantitative estimate of drug-likeness (QED) is 0.215. The molecule has 0 aliphatic carbocycles. The number of nitrogens with zero attached hydrogens (tertiary/aromatic N) is 1. The van der Waals surface area contributed by atoms with Gasteiger partial charge in [-0.25, -0.2) is 4.79 Å². The number of benzene rings is 2. The van der Waals surface area contributed by atoms with E-state index in [4.69, 9.17) is 33.0 Å². The number of carbonyl (C=O) groups excluding carboxylic acids is 2. The zero-order valence-electron chi connectivity index (χ0n) is 15.9. The molecule has 0 saturated carbocycles. The van der Waals surface area contributed by atoms with E-state index >= 15 is 0 Å². The molecule has 0 bridgehead atoms. The standard InChI is InChI=1S/C22H13BrClNO4S2/c1-28-21(27)16-10-12(2-8-17(16)24)18-9-7-15(29-18)11-19-20(26)25(22(30)31-19)14-5-3-13(23)4-6-14/h2-11H,1H3/b19-11+. The fourth-order valence-electron chi connectivity index (χ4n) is 2.94. The van der Waals surface area contributed by atoms with Gasteiger partial charge in [0.25, 0.3) is 5.91 Å². The predicted octanol–water partition coefficient (Wildman–Crippen LogP) is 6.55. The van der Waals surface area contributed by atoms with Crippen LogP contribution in [0, 0.1) is 0 Å². The van der Waals surface area contributed by atoms with Gasteiger partial charge in [0.05, 0.1) is 28.3 Å². The van der Waals surface area contributed by atoms with Crippen LogP contribution in [0.4, 0.5) is 5.69 Å². The molecule has 0 radical (unpaired) electrons. The maximum Gasteiger partial charge on any atom is 0.339 e. The van der Waals surface area contributed by atoms with Gasteiger partial charge < -0.3 is 9.15 Å². The van der Waals surface area contributed by atoms with E-state index in [1.807, 2.05) is 24.3 Å². The number of hydrogen-bond donors (Lipinski definition) is 0. The van der Waals surface area contributed by atoms with Gasteiger partial charge in [0.1, 0.15) is 11.5 Å². The zero-order chi connectivity index (χ0) is 22.1. The van der Waals surface area contributed by atoms with Crippen molar-refractivity contribution in [1.82, 2.24) is 0 Å². The largest absolute Gasteiger partial charge is 0.465 e. The van der Waals surface area contributed by atoms with Crippen LogP contribution in [0.15, 0.2) is 68.4 Å². The minimum Gasteiger partial charge on any atom is -0.465 e. The summed E-state index contributed by atoms with van der Waals surface area (Å²) in [4.78, 5) is 26.7. The average Bonchev–Trinajstić information content (AvgIpc) is 3.33. The first kappa shape index (κ1) is 21.8. The molecule has 1 aliphatic heterocycles. The molecule has 2 heterocycles. The van der Waals surface area contributed by atoms with Crippen LogP contribution < -0.4 is 4.90 Å². The third-order valence-corrected chi connectivity index (χ3v) is 6.60. The summed E-state index contributed by atoms with van der Waals surface area (Å²) >= 11 is 16.1. The van der Waals surface area contributed by atoms with Crippen LogP contribution in [0.3, 0.4) is 0 Å². The minimum atomic E-state index is -0.532. The van der Waals surface area contributed by atoms with Crippen molar-refractivity contribution in [2.75, 3.05) is 12.0 Å². The minimum absolute atomic E-state index is 0.213. The van der Waals surface area contributed by atoms with Gasteiger partial charge in [-0.05, 0) is 54.6 Å². The first-order chi connectivity index (χ1) is 14.9. The normalized spacial score (nSPS) is 15.1. The summed E-state index contributed by atoms with van der Waals surface area (Å²) < 4.78 is 12.0. The highest BCUT2D eigenvalue weighted by Crippen LogP contribution is 2.37. The fourth-order valence-corrected chi connectivity index (χ4v) is 4.68. The van der Waals surface area contributed by atoms with Gasteiger partial charge in [0.2, 0.25) is 0 Å². The van der Waals surface area contributed by atoms with Crippen LogP contribution in [-0.4, -0.2) is 23.3 Å². The van der Waals surface area contributed by atoms with Crippen molar-refractivity contribution in [1.29, 1.82) is 0 Å². The van der Waals surface area contributed by atoms with Crippen molar-refractivity contribution in [3.05, 3.63) is 80.3 Å². The second-order valence-corrected chi connectivity index (χ2v) is 9.38. The molecule has 5 nitrogen and oxygen atoms in total. The molecule has 2 aromatic carbocycles. The number of thioether (sulfide) groups is 1. The summed E-state index contributed by atoms with van der Waals surface area (Å²) in [5.74, 6) is 0.266. The maximum absolute atomic E-state index is 12.9. The molecule has 3 aromatic rings. The summed E-state index contributed by atoms with van der Waals surface area (Å²) in [5.41, 5.74) is 1.60. The number of amides is 1. The molecule has 0 spiro atoms. The molecule has 0 atom stereocenters. The summed E-state index contributed by atoms with van der Waals surface area (Å²) in [6, 6.07) is 15.8. The van der Waals surface area contributed by atoms with E-state index in [0.717, 1.165) is 4.47 Å². The van der Waals surface area contributed by atoms with Gasteiger partial charge in [-0.1, -0.05) is 51.5 Å². The lowest BCUT2D eigenvalue weighted by atomic mass is 10.1. The molecule has 1 fully saturated rings. The summed E-state index contributed by atoms with van der Waals surface area (Å²) in [6.07, 6.45) is 1.65. The van der Waals surface area contributed by atoms with E-state index < -0.39 is 5.97 Å². The molecule has 9 heteroatoms. The van der Waals surface area contributed by atoms with Gasteiger partial charge in [0, 0.05) is 16.1 Å². The van der Waals surface area contributed by atoms with Crippen molar-refractivity contribution in [3.63, 3.8) is 0 Å². The van der Waals surface area contributed by atoms with Crippen molar-refractivity contribution in [2.24, 2.45) is 0 Å². The topological polar surface area (TPSA) is 59.8 Å². The predicted molar refractivity (Wildman–Crippen MR) is 130 cm³/mol. The van der Waals surface area contributed by atoms with Gasteiger partial charge in [-0.3, -0.25) is 9.69 Å². The number of halogens is 2. The number of methoxy groups -OCH3 is 1. The van der Waals surface area contributed by atoms with Crippen LogP contribution >= 0.6 is 51.5 Å². The lowest BCUT2D eigenvalue weighted by Gasteiger charge is -2.14. The Hall–Kier alpha value is -2.39. The third kappa shape index (κ3) is 4.48. The summed E-state index contributed by atoms with van der Waals surface area (Å²) in [5, 5.41) is 0.291. The van der Waals surface area contributed by atoms with Crippen molar-refractivity contribution < 1.29 is 18.7 Å². The highest BCUT2D eigenvalue weighted by atomic mass is 79.9. The van der Waals surface area contributed by atoms with E-state index in [-0.39, 0.29) is 11.5 Å². The number of carbonyl (C=O) groups is 2. The third-order valence-electron chi connectivity index (χ3n) is 4.43. The van der Waals surface area contributed by atoms with Gasteiger partial charge in [0.15, 0.2) is 4.32 Å². The Bertz CT molecular complexity index is 1240. The van der Waals surface area contributed by atoms with E-state index in [1.165, 1.54) is 23.8 Å². The molecule has 1 amide bonds. The van der Waals surface area contributed by atoms with E-state index in [9.17, 15) is 9.59 Å². The molecule has 0 N–H and O–H groups in total. The Morgan fingerprint density at radius 3 is 2.65 bits per heavy atom. The Morgan fingerprint density at radius 1 is 1.19 bits per heavy atom.